The zero-order valence-corrected chi connectivity index (χ0v) is 43.6. The standard InChI is InChI=1S/C59H111NO5/c1-4-7-10-13-16-19-22-25-28-29-31-34-37-40-43-46-49-52-59(64)65-55(50-47-44-41-38-35-32-27-24-21-18-15-12-9-6-3)53-58(63)60-56(54-61)57(62)51-48-45-42-39-36-33-30-26-23-20-17-14-11-8-5-2/h16,19,25,28,32,35,55-57,61-62H,4-15,17-18,20-24,26-27,29-31,33-34,36-54H2,1-3H3,(H,60,63)/b19-16-,28-25-,35-32+. The summed E-state index contributed by atoms with van der Waals surface area (Å²) in [5.74, 6) is -0.485. The number of nitrogens with one attached hydrogen (secondary N) is 1. The number of rotatable bonds is 52. The van der Waals surface area contributed by atoms with E-state index >= 15 is 0 Å². The van der Waals surface area contributed by atoms with Crippen molar-refractivity contribution in [2.45, 2.75) is 322 Å². The Morgan fingerprint density at radius 1 is 0.446 bits per heavy atom. The predicted octanol–water partition coefficient (Wildman–Crippen LogP) is 17.6. The largest absolute Gasteiger partial charge is 0.462 e. The van der Waals surface area contributed by atoms with E-state index < -0.39 is 18.2 Å². The second-order valence-corrected chi connectivity index (χ2v) is 19.7. The lowest BCUT2D eigenvalue weighted by Gasteiger charge is -2.24. The molecule has 0 aromatic rings. The summed E-state index contributed by atoms with van der Waals surface area (Å²) in [6, 6.07) is -0.706. The summed E-state index contributed by atoms with van der Waals surface area (Å²) >= 11 is 0. The van der Waals surface area contributed by atoms with E-state index in [9.17, 15) is 19.8 Å². The van der Waals surface area contributed by atoms with Gasteiger partial charge in [-0.2, -0.15) is 0 Å². The number of aliphatic hydroxyl groups excluding tert-OH is 2. The lowest BCUT2D eigenvalue weighted by Crippen LogP contribution is -2.46. The molecule has 6 heteroatoms. The van der Waals surface area contributed by atoms with E-state index in [0.717, 1.165) is 70.6 Å². The van der Waals surface area contributed by atoms with Crippen molar-refractivity contribution in [1.82, 2.24) is 5.32 Å². The molecule has 6 nitrogen and oxygen atoms in total. The monoisotopic (exact) mass is 914 g/mol. The highest BCUT2D eigenvalue weighted by atomic mass is 16.5. The highest BCUT2D eigenvalue weighted by Gasteiger charge is 2.24. The number of amides is 1. The number of carbonyl (C=O) groups excluding carboxylic acids is 2. The highest BCUT2D eigenvalue weighted by molar-refractivity contribution is 5.77. The van der Waals surface area contributed by atoms with Crippen molar-refractivity contribution in [3.8, 4) is 0 Å². The molecule has 3 N–H and O–H groups in total. The van der Waals surface area contributed by atoms with Gasteiger partial charge in [0, 0.05) is 6.42 Å². The maximum atomic E-state index is 13.3. The second-order valence-electron chi connectivity index (χ2n) is 19.7. The number of esters is 1. The van der Waals surface area contributed by atoms with E-state index in [0.29, 0.717) is 19.3 Å². The molecule has 3 atom stereocenters. The molecule has 0 rings (SSSR count). The first-order valence-corrected chi connectivity index (χ1v) is 28.7. The number of carbonyl (C=O) groups is 2. The molecule has 0 aromatic carbocycles. The molecular formula is C59H111NO5. The fraction of sp³-hybridized carbons (Fsp3) is 0.864. The molecule has 0 heterocycles. The predicted molar refractivity (Wildman–Crippen MR) is 282 cm³/mol. The van der Waals surface area contributed by atoms with E-state index in [1.54, 1.807) is 0 Å². The van der Waals surface area contributed by atoms with Gasteiger partial charge in [-0.15, -0.1) is 0 Å². The third kappa shape index (κ3) is 48.3. The molecule has 0 fully saturated rings. The SMILES string of the molecule is CCCCC/C=C\C/C=C\CCCCCCCCCC(=O)OC(CCCCC/C=C/CCCCCCCCC)CC(=O)NC(CO)C(O)CCCCCCCCCCCCCCCCC. The molecule has 0 aliphatic heterocycles. The first kappa shape index (κ1) is 63.1. The van der Waals surface area contributed by atoms with Crippen LogP contribution in [0.1, 0.15) is 303 Å². The van der Waals surface area contributed by atoms with Crippen molar-refractivity contribution in [1.29, 1.82) is 0 Å². The summed E-state index contributed by atoms with van der Waals surface area (Å²) in [5, 5.41) is 23.9. The number of aliphatic hydroxyl groups is 2. The minimum Gasteiger partial charge on any atom is -0.462 e. The molecule has 0 saturated carbocycles. The average Bonchev–Trinajstić information content (AvgIpc) is 3.30. The summed E-state index contributed by atoms with van der Waals surface area (Å²) in [4.78, 5) is 26.3. The summed E-state index contributed by atoms with van der Waals surface area (Å²) in [7, 11) is 0. The fourth-order valence-electron chi connectivity index (χ4n) is 8.81. The van der Waals surface area contributed by atoms with Crippen LogP contribution < -0.4 is 5.32 Å². The number of ether oxygens (including phenoxy) is 1. The zero-order chi connectivity index (χ0) is 47.4. The van der Waals surface area contributed by atoms with Crippen molar-refractivity contribution in [3.63, 3.8) is 0 Å². The Morgan fingerprint density at radius 3 is 1.23 bits per heavy atom. The fourth-order valence-corrected chi connectivity index (χ4v) is 8.81. The minimum absolute atomic E-state index is 0.0667. The summed E-state index contributed by atoms with van der Waals surface area (Å²) in [6.45, 7) is 6.48. The number of unbranched alkanes of at least 4 members (excludes halogenated alkanes) is 34. The molecule has 0 aromatic heterocycles. The highest BCUT2D eigenvalue weighted by Crippen LogP contribution is 2.18. The smallest absolute Gasteiger partial charge is 0.306 e. The number of allylic oxidation sites excluding steroid dienone is 6. The summed E-state index contributed by atoms with van der Waals surface area (Å²) < 4.78 is 5.95. The first-order chi connectivity index (χ1) is 32.0. The number of hydrogen-bond donors (Lipinski definition) is 3. The summed E-state index contributed by atoms with van der Waals surface area (Å²) in [5.41, 5.74) is 0. The normalized spacial score (nSPS) is 13.4. The Kier molecular flexibility index (Phi) is 51.5. The van der Waals surface area contributed by atoms with Gasteiger partial charge in [0.05, 0.1) is 25.2 Å². The molecule has 0 saturated heterocycles. The molecule has 0 aliphatic rings. The van der Waals surface area contributed by atoms with Crippen LogP contribution in [0.5, 0.6) is 0 Å². The maximum Gasteiger partial charge on any atom is 0.306 e. The van der Waals surface area contributed by atoms with E-state index in [1.165, 1.54) is 186 Å². The third-order valence-electron chi connectivity index (χ3n) is 13.2. The van der Waals surface area contributed by atoms with Crippen LogP contribution in [-0.2, 0) is 14.3 Å². The van der Waals surface area contributed by atoms with Crippen LogP contribution in [0.15, 0.2) is 36.5 Å². The maximum absolute atomic E-state index is 13.3. The lowest BCUT2D eigenvalue weighted by molar-refractivity contribution is -0.151. The van der Waals surface area contributed by atoms with Crippen LogP contribution in [0.4, 0.5) is 0 Å². The topological polar surface area (TPSA) is 95.9 Å². The lowest BCUT2D eigenvalue weighted by atomic mass is 10.0. The number of hydrogen-bond acceptors (Lipinski definition) is 5. The Balaban J connectivity index is 4.55. The molecule has 0 spiro atoms. The molecular weight excluding hydrogens is 803 g/mol. The van der Waals surface area contributed by atoms with Gasteiger partial charge < -0.3 is 20.3 Å². The van der Waals surface area contributed by atoms with E-state index in [2.05, 4.69) is 62.5 Å². The van der Waals surface area contributed by atoms with E-state index in [4.69, 9.17) is 4.74 Å². The Hall–Kier alpha value is -1.92. The van der Waals surface area contributed by atoms with Gasteiger partial charge >= 0.3 is 5.97 Å². The molecule has 65 heavy (non-hydrogen) atoms. The molecule has 382 valence electrons. The Bertz CT molecular complexity index is 1070. The van der Waals surface area contributed by atoms with Crippen LogP contribution in [0.2, 0.25) is 0 Å². The van der Waals surface area contributed by atoms with Crippen molar-refractivity contribution in [3.05, 3.63) is 36.5 Å². The Labute approximate surface area is 404 Å². The van der Waals surface area contributed by atoms with Gasteiger partial charge in [0.1, 0.15) is 6.10 Å². The van der Waals surface area contributed by atoms with Crippen LogP contribution in [-0.4, -0.2) is 46.9 Å². The van der Waals surface area contributed by atoms with Gasteiger partial charge in [-0.05, 0) is 83.5 Å². The molecule has 1 amide bonds. The van der Waals surface area contributed by atoms with Crippen molar-refractivity contribution >= 4 is 11.9 Å². The van der Waals surface area contributed by atoms with Gasteiger partial charge in [-0.25, -0.2) is 0 Å². The van der Waals surface area contributed by atoms with Gasteiger partial charge in [0.25, 0.3) is 0 Å². The van der Waals surface area contributed by atoms with E-state index in [-0.39, 0.29) is 24.9 Å². The zero-order valence-electron chi connectivity index (χ0n) is 43.6. The van der Waals surface area contributed by atoms with Crippen LogP contribution in [0.25, 0.3) is 0 Å². The van der Waals surface area contributed by atoms with E-state index in [1.807, 2.05) is 0 Å². The van der Waals surface area contributed by atoms with Gasteiger partial charge in [0.2, 0.25) is 5.91 Å². The van der Waals surface area contributed by atoms with Crippen molar-refractivity contribution in [2.75, 3.05) is 6.61 Å². The molecule has 0 aliphatic carbocycles. The molecule has 0 bridgehead atoms. The third-order valence-corrected chi connectivity index (χ3v) is 13.2. The van der Waals surface area contributed by atoms with Crippen molar-refractivity contribution in [2.24, 2.45) is 0 Å². The van der Waals surface area contributed by atoms with Crippen molar-refractivity contribution < 1.29 is 24.5 Å². The summed E-state index contributed by atoms with van der Waals surface area (Å²) in [6.07, 6.45) is 63.5. The molecule has 3 unspecified atom stereocenters. The van der Waals surface area contributed by atoms with Gasteiger partial charge in [-0.3, -0.25) is 9.59 Å². The van der Waals surface area contributed by atoms with Gasteiger partial charge in [0.15, 0.2) is 0 Å². The van der Waals surface area contributed by atoms with Crippen LogP contribution in [0, 0.1) is 0 Å². The second kappa shape index (κ2) is 53.0. The minimum atomic E-state index is -0.792. The average molecular weight is 915 g/mol. The molecule has 0 radical (unpaired) electrons. The first-order valence-electron chi connectivity index (χ1n) is 28.7. The Morgan fingerprint density at radius 2 is 0.785 bits per heavy atom. The quantitative estimate of drug-likeness (QED) is 0.0321. The van der Waals surface area contributed by atoms with Crippen LogP contribution in [0.3, 0.4) is 0 Å². The van der Waals surface area contributed by atoms with Crippen LogP contribution >= 0.6 is 0 Å². The van der Waals surface area contributed by atoms with Gasteiger partial charge in [-0.1, -0.05) is 243 Å².